The van der Waals surface area contributed by atoms with Crippen LogP contribution >= 0.6 is 0 Å². The van der Waals surface area contributed by atoms with Crippen molar-refractivity contribution in [3.8, 4) is 0 Å². The summed E-state index contributed by atoms with van der Waals surface area (Å²) in [6.07, 6.45) is 5.89. The largest absolute Gasteiger partial charge is 0.465 e. The van der Waals surface area contributed by atoms with Crippen LogP contribution in [0.25, 0.3) is 0 Å². The Morgan fingerprint density at radius 3 is 2.43 bits per heavy atom. The molecule has 0 bridgehead atoms. The predicted octanol–water partition coefficient (Wildman–Crippen LogP) is 3.57. The number of carbonyl (C=O) groups excluding carboxylic acids is 1. The summed E-state index contributed by atoms with van der Waals surface area (Å²) in [6, 6.07) is 12.1. The maximum absolute atomic E-state index is 13.1. The molecule has 0 N–H and O–H groups in total. The van der Waals surface area contributed by atoms with E-state index in [0.29, 0.717) is 5.69 Å². The average molecular weight is 405 g/mol. The third kappa shape index (κ3) is 6.42. The number of unbranched alkanes of at least 4 members (excludes halogenated alkanes) is 2. The quantitative estimate of drug-likeness (QED) is 0.423. The van der Waals surface area contributed by atoms with E-state index in [1.165, 1.54) is 0 Å². The molecule has 7 heteroatoms. The molecule has 0 saturated heterocycles. The van der Waals surface area contributed by atoms with Gasteiger partial charge < -0.3 is 4.74 Å². The highest BCUT2D eigenvalue weighted by Gasteiger charge is 2.27. The van der Waals surface area contributed by atoms with Gasteiger partial charge in [0.05, 0.1) is 23.7 Å². The van der Waals surface area contributed by atoms with Crippen LogP contribution in [-0.4, -0.2) is 36.8 Å². The molecule has 2 rings (SSSR count). The summed E-state index contributed by atoms with van der Waals surface area (Å²) in [5.74, 6) is -0.585. The highest BCUT2D eigenvalue weighted by molar-refractivity contribution is 7.89. The molecule has 0 unspecified atom stereocenters. The van der Waals surface area contributed by atoms with Crippen LogP contribution in [0.2, 0.25) is 0 Å². The lowest BCUT2D eigenvalue weighted by molar-refractivity contribution is -0.143. The van der Waals surface area contributed by atoms with E-state index >= 15 is 0 Å². The molecule has 0 fully saturated rings. The van der Waals surface area contributed by atoms with Gasteiger partial charge in [0.2, 0.25) is 10.0 Å². The lowest BCUT2D eigenvalue weighted by Crippen LogP contribution is -2.36. The van der Waals surface area contributed by atoms with E-state index in [0.717, 1.165) is 35.6 Å². The molecule has 0 aliphatic carbocycles. The minimum Gasteiger partial charge on any atom is -0.465 e. The van der Waals surface area contributed by atoms with E-state index in [1.54, 1.807) is 43.5 Å². The summed E-state index contributed by atoms with van der Waals surface area (Å²) in [5.41, 5.74) is 1.67. The lowest BCUT2D eigenvalue weighted by atomic mass is 10.1. The Labute approximate surface area is 167 Å². The van der Waals surface area contributed by atoms with E-state index in [4.69, 9.17) is 4.74 Å². The zero-order chi connectivity index (χ0) is 20.4. The van der Waals surface area contributed by atoms with Crippen LogP contribution < -0.4 is 0 Å². The van der Waals surface area contributed by atoms with Crippen LogP contribution in [0.4, 0.5) is 0 Å². The van der Waals surface area contributed by atoms with Gasteiger partial charge in [0.15, 0.2) is 0 Å². The van der Waals surface area contributed by atoms with Crippen molar-refractivity contribution in [2.24, 2.45) is 0 Å². The Balaban J connectivity index is 2.22. The Kier molecular flexibility index (Phi) is 8.60. The average Bonchev–Trinajstić information content (AvgIpc) is 2.69. The first kappa shape index (κ1) is 22.0. The summed E-state index contributed by atoms with van der Waals surface area (Å²) in [6.45, 7) is 3.68. The number of hydrogen-bond donors (Lipinski definition) is 0. The van der Waals surface area contributed by atoms with Gasteiger partial charge in [0, 0.05) is 6.20 Å². The Morgan fingerprint density at radius 2 is 1.82 bits per heavy atom. The first-order valence-corrected chi connectivity index (χ1v) is 11.1. The van der Waals surface area contributed by atoms with Gasteiger partial charge >= 0.3 is 5.97 Å². The number of hydrogen-bond acceptors (Lipinski definition) is 5. The van der Waals surface area contributed by atoms with Crippen molar-refractivity contribution < 1.29 is 17.9 Å². The first-order chi connectivity index (χ1) is 13.5. The molecule has 1 aromatic heterocycles. The van der Waals surface area contributed by atoms with Crippen LogP contribution in [0.1, 0.15) is 44.4 Å². The van der Waals surface area contributed by atoms with Gasteiger partial charge in [-0.3, -0.25) is 9.78 Å². The highest BCUT2D eigenvalue weighted by Crippen LogP contribution is 2.19. The molecule has 2 aromatic rings. The van der Waals surface area contributed by atoms with Crippen LogP contribution in [0.5, 0.6) is 0 Å². The number of ether oxygens (including phenoxy) is 1. The number of nitrogens with zero attached hydrogens (tertiary/aromatic N) is 2. The summed E-state index contributed by atoms with van der Waals surface area (Å²) >= 11 is 0. The minimum absolute atomic E-state index is 0.000237. The maximum atomic E-state index is 13.1. The molecular formula is C21H28N2O4S. The van der Waals surface area contributed by atoms with E-state index in [2.05, 4.69) is 11.9 Å². The lowest BCUT2D eigenvalue weighted by Gasteiger charge is -2.21. The van der Waals surface area contributed by atoms with E-state index in [-0.39, 0.29) is 24.6 Å². The molecule has 0 aliphatic heterocycles. The first-order valence-electron chi connectivity index (χ1n) is 9.62. The summed E-state index contributed by atoms with van der Waals surface area (Å²) in [7, 11) is -3.86. The number of sulfonamides is 1. The van der Waals surface area contributed by atoms with Gasteiger partial charge in [-0.15, -0.1) is 0 Å². The molecule has 0 atom stereocenters. The fourth-order valence-corrected chi connectivity index (χ4v) is 4.16. The van der Waals surface area contributed by atoms with E-state index in [1.807, 2.05) is 12.1 Å². The van der Waals surface area contributed by atoms with Gasteiger partial charge in [-0.25, -0.2) is 8.42 Å². The van der Waals surface area contributed by atoms with E-state index in [9.17, 15) is 13.2 Å². The molecule has 6 nitrogen and oxygen atoms in total. The number of esters is 1. The second-order valence-corrected chi connectivity index (χ2v) is 8.44. The highest BCUT2D eigenvalue weighted by atomic mass is 32.2. The number of benzene rings is 1. The van der Waals surface area contributed by atoms with Gasteiger partial charge in [-0.05, 0) is 49.6 Å². The minimum atomic E-state index is -3.86. The molecular weight excluding hydrogens is 376 g/mol. The topological polar surface area (TPSA) is 76.6 Å². The molecule has 0 aliphatic rings. The molecule has 1 aromatic carbocycles. The second kappa shape index (κ2) is 10.9. The normalized spacial score (nSPS) is 11.5. The molecule has 0 spiro atoms. The number of aryl methyl sites for hydroxylation is 1. The van der Waals surface area contributed by atoms with E-state index < -0.39 is 16.0 Å². The smallest absolute Gasteiger partial charge is 0.321 e. The maximum Gasteiger partial charge on any atom is 0.321 e. The monoisotopic (exact) mass is 404 g/mol. The fourth-order valence-electron chi connectivity index (χ4n) is 2.81. The van der Waals surface area contributed by atoms with Crippen molar-refractivity contribution >= 4 is 16.0 Å². The Hall–Kier alpha value is -2.25. The standard InChI is InChI=1S/C21H28N2O4S/c1-3-5-6-9-18-11-13-20(14-12-18)28(25,26)23(17-21(24)27-4-2)16-19-10-7-8-15-22-19/h7-8,10-15H,3-6,9,16-17H2,1-2H3. The van der Waals surface area contributed by atoms with Crippen molar-refractivity contribution in [1.29, 1.82) is 0 Å². The summed E-state index contributed by atoms with van der Waals surface area (Å²) in [5, 5.41) is 0. The van der Waals surface area contributed by atoms with Crippen molar-refractivity contribution in [2.75, 3.05) is 13.2 Å². The van der Waals surface area contributed by atoms with Gasteiger partial charge in [-0.1, -0.05) is 38.0 Å². The number of rotatable bonds is 11. The number of pyridine rings is 1. The van der Waals surface area contributed by atoms with Gasteiger partial charge in [-0.2, -0.15) is 4.31 Å². The third-order valence-electron chi connectivity index (χ3n) is 4.31. The molecule has 0 amide bonds. The third-order valence-corrected chi connectivity index (χ3v) is 6.11. The van der Waals surface area contributed by atoms with Crippen LogP contribution in [-0.2, 0) is 32.5 Å². The van der Waals surface area contributed by atoms with Crippen LogP contribution in [0, 0.1) is 0 Å². The molecule has 0 saturated carbocycles. The molecule has 152 valence electrons. The van der Waals surface area contributed by atoms with Crippen molar-refractivity contribution in [2.45, 2.75) is 51.0 Å². The van der Waals surface area contributed by atoms with Crippen LogP contribution in [0.15, 0.2) is 53.6 Å². The Bertz CT molecular complexity index is 836. The Morgan fingerprint density at radius 1 is 1.07 bits per heavy atom. The summed E-state index contributed by atoms with van der Waals surface area (Å²) in [4.78, 5) is 16.3. The molecule has 0 radical (unpaired) electrons. The zero-order valence-corrected chi connectivity index (χ0v) is 17.3. The second-order valence-electron chi connectivity index (χ2n) is 6.50. The molecule has 28 heavy (non-hydrogen) atoms. The number of aromatic nitrogens is 1. The summed E-state index contributed by atoms with van der Waals surface area (Å²) < 4.78 is 32.3. The van der Waals surface area contributed by atoms with Crippen molar-refractivity contribution in [3.05, 3.63) is 59.9 Å². The fraction of sp³-hybridized carbons (Fsp3) is 0.429. The van der Waals surface area contributed by atoms with Gasteiger partial charge in [0.25, 0.3) is 0 Å². The molecule has 1 heterocycles. The van der Waals surface area contributed by atoms with Crippen LogP contribution in [0.3, 0.4) is 0 Å². The predicted molar refractivity (Wildman–Crippen MR) is 108 cm³/mol. The number of carbonyl (C=O) groups is 1. The zero-order valence-electron chi connectivity index (χ0n) is 16.5. The van der Waals surface area contributed by atoms with Gasteiger partial charge in [0.1, 0.15) is 6.54 Å². The van der Waals surface area contributed by atoms with Crippen molar-refractivity contribution in [3.63, 3.8) is 0 Å². The van der Waals surface area contributed by atoms with Crippen molar-refractivity contribution in [1.82, 2.24) is 9.29 Å². The SMILES string of the molecule is CCCCCc1ccc(S(=O)(=O)N(CC(=O)OCC)Cc2ccccn2)cc1.